The van der Waals surface area contributed by atoms with Crippen molar-refractivity contribution in [2.45, 2.75) is 101 Å². The van der Waals surface area contributed by atoms with Crippen LogP contribution >= 0.6 is 0 Å². The Bertz CT molecular complexity index is 1400. The van der Waals surface area contributed by atoms with E-state index in [1.807, 2.05) is 6.92 Å². The van der Waals surface area contributed by atoms with Gasteiger partial charge in [-0.25, -0.2) is 0 Å². The number of hydrogen-bond donors (Lipinski definition) is 8. The fraction of sp³-hybridized carbons (Fsp3) is 0.576. The van der Waals surface area contributed by atoms with Crippen molar-refractivity contribution < 1.29 is 64.3 Å². The van der Waals surface area contributed by atoms with Crippen molar-refractivity contribution in [1.82, 2.24) is 0 Å². The summed E-state index contributed by atoms with van der Waals surface area (Å²) in [6.07, 6.45) is -8.53. The highest BCUT2D eigenvalue weighted by molar-refractivity contribution is 6.02. The molecule has 2 fully saturated rings. The van der Waals surface area contributed by atoms with E-state index in [9.17, 15) is 45.3 Å². The molecule has 2 aliphatic heterocycles. The van der Waals surface area contributed by atoms with Crippen LogP contribution in [-0.4, -0.2) is 103 Å². The molecule has 0 bridgehead atoms. The van der Waals surface area contributed by atoms with Gasteiger partial charge in [0, 0.05) is 24.6 Å². The minimum absolute atomic E-state index is 0.00483. The van der Waals surface area contributed by atoms with Crippen LogP contribution in [0.3, 0.4) is 0 Å². The minimum Gasteiger partial charge on any atom is -0.508 e. The maximum atomic E-state index is 12.9. The average Bonchev–Trinajstić information content (AvgIpc) is 3.37. The van der Waals surface area contributed by atoms with Gasteiger partial charge in [-0.15, -0.1) is 0 Å². The number of aliphatic hydroxyl groups is 5. The number of aliphatic hydroxyl groups excluding tert-OH is 5. The quantitative estimate of drug-likeness (QED) is 0.156. The first-order chi connectivity index (χ1) is 22.4. The zero-order valence-electron chi connectivity index (χ0n) is 25.9. The smallest absolute Gasteiger partial charge is 0.306 e. The molecule has 1 saturated carbocycles. The van der Waals surface area contributed by atoms with Crippen LogP contribution in [0.5, 0.6) is 23.0 Å². The number of phenolic OH excluding ortho intramolecular Hbond substituents is 2. The maximum Gasteiger partial charge on any atom is 0.306 e. The van der Waals surface area contributed by atoms with Gasteiger partial charge in [-0.3, -0.25) is 9.59 Å². The summed E-state index contributed by atoms with van der Waals surface area (Å²) in [6, 6.07) is 8.12. The summed E-state index contributed by atoms with van der Waals surface area (Å²) in [7, 11) is 0. The lowest BCUT2D eigenvalue weighted by atomic mass is 9.85. The second-order valence-electron chi connectivity index (χ2n) is 12.6. The number of fused-ring (bicyclic) bond motifs is 1. The molecule has 0 amide bonds. The fourth-order valence-electron chi connectivity index (χ4n) is 6.55. The molecule has 47 heavy (non-hydrogen) atoms. The van der Waals surface area contributed by atoms with Gasteiger partial charge < -0.3 is 60.4 Å². The highest BCUT2D eigenvalue weighted by Crippen LogP contribution is 2.43. The van der Waals surface area contributed by atoms with E-state index in [0.717, 1.165) is 6.07 Å². The Morgan fingerprint density at radius 1 is 1.04 bits per heavy atom. The number of benzene rings is 2. The van der Waals surface area contributed by atoms with Crippen LogP contribution < -0.4 is 15.2 Å². The standard InChI is InChI=1S/C33H43NO13/c1-2-20(34)22(37)12-19-16(5-8-21(19)36)9-28(40)44-14-27-30(41)31(42)32(43)33(47-27)45-18-10-23(38)29-24(39)13-25(46-26(29)11-18)15-3-6-17(35)7-4-15/h3-4,6-7,10-11,16,19-22,25,27,30-33,35-38,41-43H,2,5,8-9,12-14,34H2,1H3/t16-,19-,20?,21+,22?,25+,27-,30-,31+,32-,33-/m1/s1. The summed E-state index contributed by atoms with van der Waals surface area (Å²) in [5, 5.41) is 72.7. The molecule has 14 nitrogen and oxygen atoms in total. The van der Waals surface area contributed by atoms with E-state index in [1.165, 1.54) is 18.2 Å². The van der Waals surface area contributed by atoms with Crippen LogP contribution in [0, 0.1) is 11.8 Å². The molecule has 2 heterocycles. The number of aromatic hydroxyl groups is 2. The largest absolute Gasteiger partial charge is 0.508 e. The van der Waals surface area contributed by atoms with Crippen molar-refractivity contribution in [3.63, 3.8) is 0 Å². The van der Waals surface area contributed by atoms with E-state index in [1.54, 1.807) is 12.1 Å². The zero-order chi connectivity index (χ0) is 34.0. The Hall–Kier alpha value is -3.50. The topological polar surface area (TPSA) is 239 Å². The number of rotatable bonds is 11. The van der Waals surface area contributed by atoms with Gasteiger partial charge in [-0.2, -0.15) is 0 Å². The number of ketones is 1. The summed E-state index contributed by atoms with van der Waals surface area (Å²) >= 11 is 0. The van der Waals surface area contributed by atoms with E-state index in [2.05, 4.69) is 0 Å². The third kappa shape index (κ3) is 7.81. The van der Waals surface area contributed by atoms with Crippen LogP contribution in [0.25, 0.3) is 0 Å². The predicted molar refractivity (Wildman–Crippen MR) is 163 cm³/mol. The van der Waals surface area contributed by atoms with Crippen molar-refractivity contribution in [2.75, 3.05) is 6.61 Å². The lowest BCUT2D eigenvalue weighted by Gasteiger charge is -2.40. The van der Waals surface area contributed by atoms with Crippen LogP contribution in [0.15, 0.2) is 36.4 Å². The number of nitrogens with two attached hydrogens (primary N) is 1. The van der Waals surface area contributed by atoms with E-state index in [0.29, 0.717) is 24.8 Å². The normalized spacial score (nSPS) is 31.8. The summed E-state index contributed by atoms with van der Waals surface area (Å²) in [5.41, 5.74) is 6.50. The molecule has 11 atom stereocenters. The van der Waals surface area contributed by atoms with Crippen molar-refractivity contribution in [3.8, 4) is 23.0 Å². The average molecular weight is 662 g/mol. The van der Waals surface area contributed by atoms with E-state index in [-0.39, 0.29) is 59.7 Å². The second-order valence-corrected chi connectivity index (χ2v) is 12.6. The van der Waals surface area contributed by atoms with Gasteiger partial charge in [0.1, 0.15) is 65.7 Å². The third-order valence-electron chi connectivity index (χ3n) is 9.41. The summed E-state index contributed by atoms with van der Waals surface area (Å²) in [4.78, 5) is 25.7. The first-order valence-electron chi connectivity index (χ1n) is 15.9. The lowest BCUT2D eigenvalue weighted by molar-refractivity contribution is -0.278. The monoisotopic (exact) mass is 661 g/mol. The molecule has 0 aromatic heterocycles. The molecule has 9 N–H and O–H groups in total. The lowest BCUT2D eigenvalue weighted by Crippen LogP contribution is -2.60. The summed E-state index contributed by atoms with van der Waals surface area (Å²) in [6.45, 7) is 1.36. The van der Waals surface area contributed by atoms with Gasteiger partial charge >= 0.3 is 5.97 Å². The van der Waals surface area contributed by atoms with Crippen LogP contribution in [-0.2, 0) is 14.3 Å². The van der Waals surface area contributed by atoms with Gasteiger partial charge in [0.25, 0.3) is 0 Å². The number of carbonyl (C=O) groups excluding carboxylic acids is 2. The van der Waals surface area contributed by atoms with Gasteiger partial charge in [0.05, 0.1) is 18.6 Å². The van der Waals surface area contributed by atoms with E-state index < -0.39 is 73.4 Å². The Balaban J connectivity index is 1.22. The van der Waals surface area contributed by atoms with Crippen LogP contribution in [0.4, 0.5) is 0 Å². The van der Waals surface area contributed by atoms with Crippen molar-refractivity contribution in [1.29, 1.82) is 0 Å². The maximum absolute atomic E-state index is 12.9. The Labute approximate surface area is 271 Å². The molecule has 0 spiro atoms. The molecule has 2 aromatic carbocycles. The fourth-order valence-corrected chi connectivity index (χ4v) is 6.55. The third-order valence-corrected chi connectivity index (χ3v) is 9.41. The predicted octanol–water partition coefficient (Wildman–Crippen LogP) is 0.799. The van der Waals surface area contributed by atoms with Crippen molar-refractivity contribution in [2.24, 2.45) is 17.6 Å². The van der Waals surface area contributed by atoms with Crippen LogP contribution in [0.2, 0.25) is 0 Å². The number of ether oxygens (including phenoxy) is 4. The Kier molecular flexibility index (Phi) is 10.9. The minimum atomic E-state index is -1.75. The van der Waals surface area contributed by atoms with E-state index in [4.69, 9.17) is 24.7 Å². The van der Waals surface area contributed by atoms with Gasteiger partial charge in [0.2, 0.25) is 6.29 Å². The molecule has 0 radical (unpaired) electrons. The highest BCUT2D eigenvalue weighted by atomic mass is 16.7. The number of Topliss-reactive ketones (excluding diaryl/α,β-unsaturated/α-hetero) is 1. The molecule has 2 aromatic rings. The second kappa shape index (κ2) is 14.7. The van der Waals surface area contributed by atoms with E-state index >= 15 is 0 Å². The molecule has 1 saturated heterocycles. The van der Waals surface area contributed by atoms with Gasteiger partial charge in [0.15, 0.2) is 5.78 Å². The van der Waals surface area contributed by atoms with Crippen molar-refractivity contribution in [3.05, 3.63) is 47.5 Å². The summed E-state index contributed by atoms with van der Waals surface area (Å²) < 4.78 is 22.7. The number of hydrogen-bond acceptors (Lipinski definition) is 14. The SMILES string of the molecule is CCC(N)C(O)C[C@@H]1[C@@H](CC(=O)OC[C@H]2O[C@@H](Oc3cc(O)c4c(c3)O[C@H](c3ccc(O)cc3)CC4=O)[C@H](O)[C@@H](O)[C@@H]2O)CC[C@@H]1O. The zero-order valence-corrected chi connectivity index (χ0v) is 25.9. The number of esters is 1. The highest BCUT2D eigenvalue weighted by Gasteiger charge is 2.46. The Morgan fingerprint density at radius 3 is 2.47 bits per heavy atom. The molecule has 258 valence electrons. The molecular weight excluding hydrogens is 618 g/mol. The molecule has 5 rings (SSSR count). The molecule has 3 aliphatic rings. The number of phenols is 2. The molecule has 2 unspecified atom stereocenters. The molecular formula is C33H43NO13. The first-order valence-corrected chi connectivity index (χ1v) is 15.9. The Morgan fingerprint density at radius 2 is 1.77 bits per heavy atom. The van der Waals surface area contributed by atoms with Crippen LogP contribution in [0.1, 0.15) is 67.5 Å². The van der Waals surface area contributed by atoms with Gasteiger partial charge in [-0.05, 0) is 55.2 Å². The van der Waals surface area contributed by atoms with Gasteiger partial charge in [-0.1, -0.05) is 19.1 Å². The molecule has 1 aliphatic carbocycles. The molecule has 14 heteroatoms. The number of carbonyl (C=O) groups is 2. The van der Waals surface area contributed by atoms with Crippen molar-refractivity contribution >= 4 is 11.8 Å². The summed E-state index contributed by atoms with van der Waals surface area (Å²) in [5.74, 6) is -2.10. The first kappa shape index (κ1) is 34.8.